The van der Waals surface area contributed by atoms with Crippen molar-refractivity contribution in [2.75, 3.05) is 7.05 Å². The Morgan fingerprint density at radius 1 is 1.33 bits per heavy atom. The van der Waals surface area contributed by atoms with Crippen LogP contribution in [-0.2, 0) is 16.1 Å². The average Bonchev–Trinajstić information content (AvgIpc) is 2.31. The maximum absolute atomic E-state index is 13.3. The lowest BCUT2D eigenvalue weighted by molar-refractivity contribution is -0.136. The predicted molar refractivity (Wildman–Crippen MR) is 61.2 cm³/mol. The number of benzene rings is 1. The molecule has 0 aromatic heterocycles. The summed E-state index contributed by atoms with van der Waals surface area (Å²) in [5.41, 5.74) is 0.302. The molecule has 0 bridgehead atoms. The van der Waals surface area contributed by atoms with Crippen LogP contribution in [0.15, 0.2) is 36.1 Å². The van der Waals surface area contributed by atoms with E-state index in [1.54, 1.807) is 6.07 Å². The number of likely N-dealkylation sites (N-methyl/N-ethyl adjacent to an activating group) is 1. The number of carbonyl (C=O) groups is 2. The molecule has 0 radical (unpaired) electrons. The Bertz CT molecular complexity index is 499. The number of aliphatic hydroxyl groups excluding tert-OH is 1. The van der Waals surface area contributed by atoms with E-state index in [-0.39, 0.29) is 6.54 Å². The van der Waals surface area contributed by atoms with Crippen molar-refractivity contribution in [2.45, 2.75) is 6.54 Å². The molecule has 0 fully saturated rings. The molecule has 1 aromatic rings. The first-order valence-corrected chi connectivity index (χ1v) is 5.04. The van der Waals surface area contributed by atoms with Gasteiger partial charge in [0.05, 0.1) is 6.08 Å². The Hall–Kier alpha value is -2.37. The molecule has 96 valence electrons. The molecule has 0 aliphatic carbocycles. The summed E-state index contributed by atoms with van der Waals surface area (Å²) in [5.74, 6) is -3.83. The van der Waals surface area contributed by atoms with Gasteiger partial charge in [-0.1, -0.05) is 18.2 Å². The van der Waals surface area contributed by atoms with Crippen molar-refractivity contribution in [1.82, 2.24) is 4.90 Å². The number of carbonyl (C=O) groups excluding carboxylic acids is 1. The van der Waals surface area contributed by atoms with Crippen LogP contribution in [-0.4, -0.2) is 34.0 Å². The molecule has 0 aliphatic heterocycles. The lowest BCUT2D eigenvalue weighted by atomic mass is 10.2. The zero-order valence-electron chi connectivity index (χ0n) is 9.63. The van der Waals surface area contributed by atoms with Crippen LogP contribution in [0.5, 0.6) is 0 Å². The van der Waals surface area contributed by atoms with Crippen molar-refractivity contribution in [3.05, 3.63) is 47.5 Å². The van der Waals surface area contributed by atoms with Gasteiger partial charge in [-0.25, -0.2) is 9.18 Å². The lowest BCUT2D eigenvalue weighted by Crippen LogP contribution is -2.25. The van der Waals surface area contributed by atoms with E-state index in [2.05, 4.69) is 0 Å². The third-order valence-corrected chi connectivity index (χ3v) is 2.22. The highest BCUT2D eigenvalue weighted by molar-refractivity contribution is 5.95. The van der Waals surface area contributed by atoms with Crippen LogP contribution in [0, 0.1) is 5.82 Å². The van der Waals surface area contributed by atoms with Crippen molar-refractivity contribution < 1.29 is 24.2 Å². The highest BCUT2D eigenvalue weighted by Gasteiger charge is 2.13. The van der Waals surface area contributed by atoms with Gasteiger partial charge in [-0.2, -0.15) is 0 Å². The van der Waals surface area contributed by atoms with E-state index in [4.69, 9.17) is 10.2 Å². The maximum Gasteiger partial charge on any atom is 0.371 e. The zero-order valence-corrected chi connectivity index (χ0v) is 9.63. The minimum Gasteiger partial charge on any atom is -0.502 e. The summed E-state index contributed by atoms with van der Waals surface area (Å²) in [6, 6.07) is 5.93. The van der Waals surface area contributed by atoms with Gasteiger partial charge in [-0.3, -0.25) is 4.79 Å². The molecule has 6 heteroatoms. The molecular formula is C12H12FNO4. The quantitative estimate of drug-likeness (QED) is 0.626. The first kappa shape index (κ1) is 13.7. The summed E-state index contributed by atoms with van der Waals surface area (Å²) in [4.78, 5) is 22.9. The smallest absolute Gasteiger partial charge is 0.371 e. The summed E-state index contributed by atoms with van der Waals surface area (Å²) in [6.07, 6.45) is 0.573. The van der Waals surface area contributed by atoms with Crippen molar-refractivity contribution in [3.8, 4) is 0 Å². The minimum absolute atomic E-state index is 0.0189. The largest absolute Gasteiger partial charge is 0.502 e. The van der Waals surface area contributed by atoms with Crippen LogP contribution in [0.3, 0.4) is 0 Å². The number of hydrogen-bond donors (Lipinski definition) is 2. The molecule has 0 saturated carbocycles. The number of carboxylic acid groups (broad SMARTS) is 1. The topological polar surface area (TPSA) is 77.8 Å². The highest BCUT2D eigenvalue weighted by Crippen LogP contribution is 2.09. The van der Waals surface area contributed by atoms with E-state index in [9.17, 15) is 14.0 Å². The third-order valence-electron chi connectivity index (χ3n) is 2.22. The molecule has 1 aromatic carbocycles. The Labute approximate surface area is 103 Å². The zero-order chi connectivity index (χ0) is 13.7. The minimum atomic E-state index is -1.59. The van der Waals surface area contributed by atoms with Crippen molar-refractivity contribution in [2.24, 2.45) is 0 Å². The molecule has 1 rings (SSSR count). The van der Waals surface area contributed by atoms with E-state index < -0.39 is 23.5 Å². The van der Waals surface area contributed by atoms with Gasteiger partial charge in [0.1, 0.15) is 5.82 Å². The maximum atomic E-state index is 13.3. The molecule has 0 unspecified atom stereocenters. The fraction of sp³-hybridized carbons (Fsp3) is 0.167. The first-order chi connectivity index (χ1) is 8.41. The molecule has 18 heavy (non-hydrogen) atoms. The van der Waals surface area contributed by atoms with Gasteiger partial charge in [0, 0.05) is 19.2 Å². The number of rotatable bonds is 4. The summed E-state index contributed by atoms with van der Waals surface area (Å²) < 4.78 is 13.3. The molecule has 1 amide bonds. The number of amides is 1. The fourth-order valence-electron chi connectivity index (χ4n) is 1.25. The van der Waals surface area contributed by atoms with Gasteiger partial charge in [-0.15, -0.1) is 0 Å². The molecule has 2 N–H and O–H groups in total. The molecule has 0 aliphatic rings. The Morgan fingerprint density at radius 3 is 2.50 bits per heavy atom. The molecular weight excluding hydrogens is 241 g/mol. The normalized spacial score (nSPS) is 11.1. The molecule has 0 atom stereocenters. The fourth-order valence-corrected chi connectivity index (χ4v) is 1.25. The third kappa shape index (κ3) is 3.58. The van der Waals surface area contributed by atoms with E-state index in [1.807, 2.05) is 0 Å². The standard InChI is InChI=1S/C12H12FNO4/c1-14(11(16)6-10(15)12(17)18)7-8-4-2-3-5-9(8)13/h2-6,15H,7H2,1H3,(H,17,18)/b10-6-. The average molecular weight is 253 g/mol. The Morgan fingerprint density at radius 2 is 1.94 bits per heavy atom. The van der Waals surface area contributed by atoms with Crippen molar-refractivity contribution in [1.29, 1.82) is 0 Å². The second-order valence-corrected chi connectivity index (χ2v) is 3.62. The molecule has 0 saturated heterocycles. The molecule has 0 spiro atoms. The molecule has 5 nitrogen and oxygen atoms in total. The Balaban J connectivity index is 2.75. The van der Waals surface area contributed by atoms with Gasteiger partial charge in [0.15, 0.2) is 0 Å². The monoisotopic (exact) mass is 253 g/mol. The van der Waals surface area contributed by atoms with Crippen LogP contribution in [0.4, 0.5) is 4.39 Å². The summed E-state index contributed by atoms with van der Waals surface area (Å²) >= 11 is 0. The predicted octanol–water partition coefficient (Wildman–Crippen LogP) is 1.31. The van der Waals surface area contributed by atoms with E-state index >= 15 is 0 Å². The number of aliphatic hydroxyl groups is 1. The van der Waals surface area contributed by atoms with Crippen molar-refractivity contribution in [3.63, 3.8) is 0 Å². The number of hydrogen-bond acceptors (Lipinski definition) is 3. The SMILES string of the molecule is CN(Cc1ccccc1F)C(=O)/C=C(\O)C(=O)O. The van der Waals surface area contributed by atoms with E-state index in [1.165, 1.54) is 25.2 Å². The van der Waals surface area contributed by atoms with Gasteiger partial charge in [-0.05, 0) is 6.07 Å². The highest BCUT2D eigenvalue weighted by atomic mass is 19.1. The van der Waals surface area contributed by atoms with Crippen LogP contribution < -0.4 is 0 Å². The summed E-state index contributed by atoms with van der Waals surface area (Å²) in [5, 5.41) is 17.3. The van der Waals surface area contributed by atoms with Crippen LogP contribution in [0.2, 0.25) is 0 Å². The van der Waals surface area contributed by atoms with E-state index in [0.717, 1.165) is 4.90 Å². The number of carboxylic acids is 1. The van der Waals surface area contributed by atoms with Gasteiger partial charge in [0.2, 0.25) is 5.76 Å². The van der Waals surface area contributed by atoms with Gasteiger partial charge >= 0.3 is 5.97 Å². The van der Waals surface area contributed by atoms with Gasteiger partial charge < -0.3 is 15.1 Å². The number of nitrogens with zero attached hydrogens (tertiary/aromatic N) is 1. The summed E-state index contributed by atoms with van der Waals surface area (Å²) in [6.45, 7) is -0.0189. The van der Waals surface area contributed by atoms with Crippen molar-refractivity contribution >= 4 is 11.9 Å². The van der Waals surface area contributed by atoms with Crippen LogP contribution in [0.1, 0.15) is 5.56 Å². The second-order valence-electron chi connectivity index (χ2n) is 3.62. The van der Waals surface area contributed by atoms with E-state index in [0.29, 0.717) is 11.6 Å². The van der Waals surface area contributed by atoms with Crippen LogP contribution in [0.25, 0.3) is 0 Å². The number of aliphatic carboxylic acids is 1. The number of halogens is 1. The molecule has 0 heterocycles. The lowest BCUT2D eigenvalue weighted by Gasteiger charge is -2.15. The first-order valence-electron chi connectivity index (χ1n) is 5.04. The van der Waals surface area contributed by atoms with Crippen LogP contribution >= 0.6 is 0 Å². The summed E-state index contributed by atoms with van der Waals surface area (Å²) in [7, 11) is 1.38. The van der Waals surface area contributed by atoms with Gasteiger partial charge in [0.25, 0.3) is 5.91 Å². The Kier molecular flexibility index (Phi) is 4.42. The second kappa shape index (κ2) is 5.81.